The Morgan fingerprint density at radius 1 is 1.25 bits per heavy atom. The van der Waals surface area contributed by atoms with Gasteiger partial charge in [-0.15, -0.1) is 11.6 Å². The van der Waals surface area contributed by atoms with Crippen LogP contribution in [0.4, 0.5) is 0 Å². The maximum absolute atomic E-state index is 6.21. The normalized spacial score (nSPS) is 31.0. The Morgan fingerprint density at radius 3 is 2.33 bits per heavy atom. The summed E-state index contributed by atoms with van der Waals surface area (Å²) in [6, 6.07) is 0. The monoisotopic (exact) mass is 188 g/mol. The molecular formula is C11H21Cl. The van der Waals surface area contributed by atoms with E-state index in [0.717, 1.165) is 5.92 Å². The summed E-state index contributed by atoms with van der Waals surface area (Å²) < 4.78 is 0. The molecule has 0 aromatic carbocycles. The van der Waals surface area contributed by atoms with Crippen LogP contribution in [0.2, 0.25) is 0 Å². The molecule has 0 radical (unpaired) electrons. The second-order valence-corrected chi connectivity index (χ2v) is 5.87. The van der Waals surface area contributed by atoms with Crippen LogP contribution in [0.15, 0.2) is 0 Å². The molecule has 0 aromatic heterocycles. The van der Waals surface area contributed by atoms with E-state index in [1.54, 1.807) is 0 Å². The summed E-state index contributed by atoms with van der Waals surface area (Å²) in [6.07, 6.45) is 6.61. The molecule has 2 atom stereocenters. The van der Waals surface area contributed by atoms with E-state index in [1.165, 1.54) is 32.1 Å². The summed E-state index contributed by atoms with van der Waals surface area (Å²) in [5.74, 6) is 0.811. The first-order valence-corrected chi connectivity index (χ1v) is 5.57. The number of hydrogen-bond acceptors (Lipinski definition) is 0. The molecule has 1 fully saturated rings. The zero-order valence-electron chi connectivity index (χ0n) is 8.57. The number of rotatable bonds is 2. The van der Waals surface area contributed by atoms with Gasteiger partial charge in [0.25, 0.3) is 0 Å². The van der Waals surface area contributed by atoms with Gasteiger partial charge in [0.05, 0.1) is 0 Å². The molecule has 1 saturated carbocycles. The lowest BCUT2D eigenvalue weighted by molar-refractivity contribution is 0.325. The van der Waals surface area contributed by atoms with E-state index in [4.69, 9.17) is 11.6 Å². The first-order chi connectivity index (χ1) is 5.49. The summed E-state index contributed by atoms with van der Waals surface area (Å²) in [6.45, 7) is 6.93. The van der Waals surface area contributed by atoms with Crippen molar-refractivity contribution in [3.63, 3.8) is 0 Å². The number of hydrogen-bond donors (Lipinski definition) is 0. The Kier molecular flexibility index (Phi) is 3.46. The Morgan fingerprint density at radius 2 is 1.92 bits per heavy atom. The molecule has 2 unspecified atom stereocenters. The van der Waals surface area contributed by atoms with Crippen molar-refractivity contribution in [2.24, 2.45) is 11.3 Å². The SMILES string of the molecule is CC(C)(C)CCC1CCCC1Cl. The van der Waals surface area contributed by atoms with Crippen LogP contribution in [-0.2, 0) is 0 Å². The molecule has 0 spiro atoms. The minimum Gasteiger partial charge on any atom is -0.123 e. The van der Waals surface area contributed by atoms with E-state index in [2.05, 4.69) is 20.8 Å². The maximum Gasteiger partial charge on any atom is 0.0364 e. The van der Waals surface area contributed by atoms with Crippen LogP contribution in [0, 0.1) is 11.3 Å². The standard InChI is InChI=1S/C11H21Cl/c1-11(2,3)8-7-9-5-4-6-10(9)12/h9-10H,4-8H2,1-3H3. The van der Waals surface area contributed by atoms with Gasteiger partial charge >= 0.3 is 0 Å². The molecule has 1 rings (SSSR count). The Labute approximate surface area is 81.7 Å². The number of alkyl halides is 1. The van der Waals surface area contributed by atoms with Crippen LogP contribution in [-0.4, -0.2) is 5.38 Å². The average Bonchev–Trinajstić information content (AvgIpc) is 2.29. The van der Waals surface area contributed by atoms with E-state index >= 15 is 0 Å². The van der Waals surface area contributed by atoms with Crippen LogP contribution >= 0.6 is 11.6 Å². The Hall–Kier alpha value is 0.290. The third kappa shape index (κ3) is 3.35. The summed E-state index contributed by atoms with van der Waals surface area (Å²) in [5, 5.41) is 0.479. The van der Waals surface area contributed by atoms with Crippen LogP contribution in [0.3, 0.4) is 0 Å². The number of halogens is 1. The summed E-state index contributed by atoms with van der Waals surface area (Å²) in [4.78, 5) is 0. The maximum atomic E-state index is 6.21. The molecule has 1 aliphatic carbocycles. The van der Waals surface area contributed by atoms with Crippen molar-refractivity contribution in [2.75, 3.05) is 0 Å². The highest BCUT2D eigenvalue weighted by Crippen LogP contribution is 2.36. The van der Waals surface area contributed by atoms with Gasteiger partial charge < -0.3 is 0 Å². The van der Waals surface area contributed by atoms with Gasteiger partial charge in [0.2, 0.25) is 0 Å². The summed E-state index contributed by atoms with van der Waals surface area (Å²) in [5.41, 5.74) is 0.485. The molecule has 1 aliphatic rings. The quantitative estimate of drug-likeness (QED) is 0.570. The minimum absolute atomic E-state index is 0.479. The van der Waals surface area contributed by atoms with Gasteiger partial charge in [0.1, 0.15) is 0 Å². The van der Waals surface area contributed by atoms with Gasteiger partial charge in [-0.3, -0.25) is 0 Å². The van der Waals surface area contributed by atoms with Crippen molar-refractivity contribution in [1.82, 2.24) is 0 Å². The smallest absolute Gasteiger partial charge is 0.0364 e. The predicted octanol–water partition coefficient (Wildman–Crippen LogP) is 4.22. The molecule has 1 heteroatoms. The molecular weight excluding hydrogens is 168 g/mol. The van der Waals surface area contributed by atoms with E-state index in [0.29, 0.717) is 10.8 Å². The molecule has 0 nitrogen and oxygen atoms in total. The van der Waals surface area contributed by atoms with E-state index < -0.39 is 0 Å². The lowest BCUT2D eigenvalue weighted by Crippen LogP contribution is -2.12. The highest BCUT2D eigenvalue weighted by atomic mass is 35.5. The van der Waals surface area contributed by atoms with Gasteiger partial charge in [-0.05, 0) is 37.0 Å². The fraction of sp³-hybridized carbons (Fsp3) is 1.00. The van der Waals surface area contributed by atoms with Crippen molar-refractivity contribution < 1.29 is 0 Å². The largest absolute Gasteiger partial charge is 0.123 e. The average molecular weight is 189 g/mol. The van der Waals surface area contributed by atoms with Crippen molar-refractivity contribution in [2.45, 2.75) is 58.3 Å². The van der Waals surface area contributed by atoms with E-state index in [9.17, 15) is 0 Å². The fourth-order valence-corrected chi connectivity index (χ4v) is 2.34. The molecule has 0 amide bonds. The minimum atomic E-state index is 0.479. The van der Waals surface area contributed by atoms with Gasteiger partial charge in [0, 0.05) is 5.38 Å². The zero-order chi connectivity index (χ0) is 9.19. The second kappa shape index (κ2) is 4.00. The van der Waals surface area contributed by atoms with Crippen LogP contribution in [0.5, 0.6) is 0 Å². The second-order valence-electron chi connectivity index (χ2n) is 5.31. The molecule has 12 heavy (non-hydrogen) atoms. The first-order valence-electron chi connectivity index (χ1n) is 5.13. The highest BCUT2D eigenvalue weighted by molar-refractivity contribution is 6.20. The Bertz CT molecular complexity index is 134. The molecule has 0 bridgehead atoms. The molecule has 0 aliphatic heterocycles. The highest BCUT2D eigenvalue weighted by Gasteiger charge is 2.26. The third-order valence-electron chi connectivity index (χ3n) is 2.83. The summed E-state index contributed by atoms with van der Waals surface area (Å²) in [7, 11) is 0. The lowest BCUT2D eigenvalue weighted by Gasteiger charge is -2.21. The summed E-state index contributed by atoms with van der Waals surface area (Å²) >= 11 is 6.21. The first kappa shape index (κ1) is 10.4. The predicted molar refractivity (Wildman–Crippen MR) is 55.7 cm³/mol. The van der Waals surface area contributed by atoms with Gasteiger partial charge in [-0.1, -0.05) is 27.2 Å². The molecule has 0 N–H and O–H groups in total. The van der Waals surface area contributed by atoms with Crippen LogP contribution < -0.4 is 0 Å². The Balaban J connectivity index is 2.23. The lowest BCUT2D eigenvalue weighted by atomic mass is 9.86. The van der Waals surface area contributed by atoms with Gasteiger partial charge in [-0.2, -0.15) is 0 Å². The van der Waals surface area contributed by atoms with Crippen molar-refractivity contribution in [1.29, 1.82) is 0 Å². The molecule has 72 valence electrons. The van der Waals surface area contributed by atoms with Crippen molar-refractivity contribution in [3.8, 4) is 0 Å². The van der Waals surface area contributed by atoms with Crippen LogP contribution in [0.25, 0.3) is 0 Å². The zero-order valence-corrected chi connectivity index (χ0v) is 9.32. The van der Waals surface area contributed by atoms with E-state index in [1.807, 2.05) is 0 Å². The van der Waals surface area contributed by atoms with Crippen molar-refractivity contribution in [3.05, 3.63) is 0 Å². The van der Waals surface area contributed by atoms with Crippen LogP contribution in [0.1, 0.15) is 52.9 Å². The topological polar surface area (TPSA) is 0 Å². The molecule has 0 aromatic rings. The third-order valence-corrected chi connectivity index (χ3v) is 3.41. The molecule has 0 saturated heterocycles. The van der Waals surface area contributed by atoms with Crippen molar-refractivity contribution >= 4 is 11.6 Å². The fourth-order valence-electron chi connectivity index (χ4n) is 1.94. The molecule has 0 heterocycles. The van der Waals surface area contributed by atoms with E-state index in [-0.39, 0.29) is 0 Å². The van der Waals surface area contributed by atoms with Gasteiger partial charge in [0.15, 0.2) is 0 Å². The van der Waals surface area contributed by atoms with Gasteiger partial charge in [-0.25, -0.2) is 0 Å².